The van der Waals surface area contributed by atoms with E-state index in [4.69, 9.17) is 18.6 Å². The summed E-state index contributed by atoms with van der Waals surface area (Å²) < 4.78 is 25.0. The predicted octanol–water partition coefficient (Wildman–Crippen LogP) is 4.05. The minimum absolute atomic E-state index is 0.0346. The molecule has 135 valence electrons. The molecule has 0 aromatic carbocycles. The van der Waals surface area contributed by atoms with Crippen molar-refractivity contribution in [2.45, 2.75) is 89.6 Å². The second-order valence-corrected chi connectivity index (χ2v) is 13.7. The summed E-state index contributed by atoms with van der Waals surface area (Å²) in [5.74, 6) is 0.651. The van der Waals surface area contributed by atoms with Crippen LogP contribution in [0.5, 0.6) is 0 Å². The van der Waals surface area contributed by atoms with E-state index in [1.807, 2.05) is 13.8 Å². The Hall–Kier alpha value is 0.0569. The van der Waals surface area contributed by atoms with Crippen molar-refractivity contribution in [3.05, 3.63) is 31.6 Å². The van der Waals surface area contributed by atoms with E-state index >= 15 is 0 Å². The van der Waals surface area contributed by atoms with Gasteiger partial charge < -0.3 is 18.6 Å². The lowest BCUT2D eigenvalue weighted by atomic mass is 9.96. The Bertz CT molecular complexity index is 451. The maximum atomic E-state index is 6.74. The number of fused-ring (bicyclic) bond motifs is 1. The Morgan fingerprint density at radius 2 is 1.75 bits per heavy atom. The van der Waals surface area contributed by atoms with Crippen LogP contribution >= 0.6 is 0 Å². The average molecular weight is 352 g/mol. The van der Waals surface area contributed by atoms with Crippen LogP contribution in [0, 0.1) is 31.6 Å². The van der Waals surface area contributed by atoms with Crippen LogP contribution in [0.1, 0.15) is 41.0 Å². The van der Waals surface area contributed by atoms with Gasteiger partial charge in [0.25, 0.3) is 0 Å². The molecule has 5 heteroatoms. The lowest BCUT2D eigenvalue weighted by Gasteiger charge is -2.40. The van der Waals surface area contributed by atoms with Gasteiger partial charge in [0.15, 0.2) is 20.4 Å². The molecular formula is C19H31O4Si. The van der Waals surface area contributed by atoms with E-state index in [-0.39, 0.29) is 29.6 Å². The Morgan fingerprint density at radius 3 is 2.33 bits per heavy atom. The van der Waals surface area contributed by atoms with Gasteiger partial charge in [0.2, 0.25) is 0 Å². The lowest BCUT2D eigenvalue weighted by molar-refractivity contribution is -0.213. The minimum Gasteiger partial charge on any atom is -0.408 e. The summed E-state index contributed by atoms with van der Waals surface area (Å²) in [4.78, 5) is 0. The zero-order valence-corrected chi connectivity index (χ0v) is 17.0. The van der Waals surface area contributed by atoms with Crippen molar-refractivity contribution in [3.8, 4) is 0 Å². The number of hydrogen-bond donors (Lipinski definition) is 0. The van der Waals surface area contributed by atoms with Gasteiger partial charge in [0.1, 0.15) is 12.2 Å². The summed E-state index contributed by atoms with van der Waals surface area (Å²) in [6.45, 7) is 15.2. The highest BCUT2D eigenvalue weighted by Crippen LogP contribution is 2.45. The molecule has 0 bridgehead atoms. The summed E-state index contributed by atoms with van der Waals surface area (Å²) >= 11 is 0. The van der Waals surface area contributed by atoms with Gasteiger partial charge in [-0.1, -0.05) is 20.8 Å². The van der Waals surface area contributed by atoms with E-state index in [1.165, 1.54) is 5.92 Å². The Balaban J connectivity index is 1.76. The maximum Gasteiger partial charge on any atom is 0.192 e. The molecule has 0 aromatic rings. The SMILES string of the molecule is CC1(C)O[C@H]2O[C@H](C[C]3[CH][CH][CH][CH]3)[C@H](O[Si](C)(C)C(C)(C)C)[C@H]2O1. The zero-order chi connectivity index (χ0) is 17.8. The molecule has 1 aliphatic carbocycles. The van der Waals surface area contributed by atoms with Crippen molar-refractivity contribution in [3.63, 3.8) is 0 Å². The standard InChI is InChI=1S/C19H31O4Si/c1-18(2,3)24(6,7)23-15-14(12-13-10-8-9-11-13)20-17-16(15)21-19(4,5)22-17/h8-11,14-17H,12H2,1-7H3/t14-,15+,16-,17-/m1/s1. The molecule has 3 rings (SSSR count). The number of rotatable bonds is 4. The van der Waals surface area contributed by atoms with Crippen molar-refractivity contribution < 1.29 is 18.6 Å². The highest BCUT2D eigenvalue weighted by molar-refractivity contribution is 6.74. The first-order valence-corrected chi connectivity index (χ1v) is 11.8. The molecule has 2 aliphatic heterocycles. The van der Waals surface area contributed by atoms with Gasteiger partial charge in [-0.3, -0.25) is 0 Å². The second-order valence-electron chi connectivity index (χ2n) is 8.98. The molecule has 0 unspecified atom stereocenters. The van der Waals surface area contributed by atoms with Gasteiger partial charge in [0, 0.05) is 0 Å². The summed E-state index contributed by atoms with van der Waals surface area (Å²) in [6.07, 6.45) is 8.59. The van der Waals surface area contributed by atoms with Crippen molar-refractivity contribution >= 4 is 8.32 Å². The molecule has 4 atom stereocenters. The molecule has 0 N–H and O–H groups in total. The largest absolute Gasteiger partial charge is 0.408 e. The maximum absolute atomic E-state index is 6.74. The molecule has 1 saturated carbocycles. The molecule has 5 radical (unpaired) electrons. The van der Waals surface area contributed by atoms with Crippen molar-refractivity contribution in [1.82, 2.24) is 0 Å². The zero-order valence-electron chi connectivity index (χ0n) is 16.0. The van der Waals surface area contributed by atoms with Crippen molar-refractivity contribution in [1.29, 1.82) is 0 Å². The fourth-order valence-electron chi connectivity index (χ4n) is 3.15. The predicted molar refractivity (Wildman–Crippen MR) is 95.8 cm³/mol. The molecule has 3 fully saturated rings. The fraction of sp³-hybridized carbons (Fsp3) is 0.737. The van der Waals surface area contributed by atoms with E-state index in [9.17, 15) is 0 Å². The average Bonchev–Trinajstić information content (AvgIpc) is 3.07. The topological polar surface area (TPSA) is 36.9 Å². The molecule has 4 nitrogen and oxygen atoms in total. The van der Waals surface area contributed by atoms with E-state index < -0.39 is 14.1 Å². The first kappa shape index (κ1) is 18.8. The number of hydrogen-bond acceptors (Lipinski definition) is 4. The van der Waals surface area contributed by atoms with Gasteiger partial charge in [-0.25, -0.2) is 0 Å². The summed E-state index contributed by atoms with van der Waals surface area (Å²) in [5.41, 5.74) is 0. The van der Waals surface area contributed by atoms with Crippen LogP contribution in [-0.2, 0) is 18.6 Å². The van der Waals surface area contributed by atoms with Crippen LogP contribution in [0.3, 0.4) is 0 Å². The van der Waals surface area contributed by atoms with Crippen molar-refractivity contribution in [2.75, 3.05) is 0 Å². The Kier molecular flexibility index (Phi) is 4.98. The molecule has 0 aromatic heterocycles. The normalized spacial score (nSPS) is 37.1. The van der Waals surface area contributed by atoms with E-state index in [0.717, 1.165) is 6.42 Å². The van der Waals surface area contributed by atoms with Crippen LogP contribution < -0.4 is 0 Å². The third-order valence-corrected chi connectivity index (χ3v) is 9.97. The van der Waals surface area contributed by atoms with Crippen molar-refractivity contribution in [2.24, 2.45) is 0 Å². The summed E-state index contributed by atoms with van der Waals surface area (Å²) in [7, 11) is -1.93. The highest BCUT2D eigenvalue weighted by atomic mass is 28.4. The van der Waals surface area contributed by atoms with Crippen LogP contribution in [0.15, 0.2) is 0 Å². The van der Waals surface area contributed by atoms with Gasteiger partial charge in [-0.2, -0.15) is 0 Å². The Labute approximate surface area is 148 Å². The third-order valence-electron chi connectivity index (χ3n) is 5.49. The minimum atomic E-state index is -1.93. The third kappa shape index (κ3) is 3.75. The van der Waals surface area contributed by atoms with Crippen LogP contribution in [0.25, 0.3) is 0 Å². The van der Waals surface area contributed by atoms with E-state index in [1.54, 1.807) is 0 Å². The molecule has 2 heterocycles. The fourth-order valence-corrected chi connectivity index (χ4v) is 4.47. The van der Waals surface area contributed by atoms with E-state index in [0.29, 0.717) is 0 Å². The second kappa shape index (κ2) is 6.34. The lowest BCUT2D eigenvalue weighted by Crippen LogP contribution is -2.49. The summed E-state index contributed by atoms with van der Waals surface area (Å²) in [5, 5.41) is 0.144. The smallest absolute Gasteiger partial charge is 0.192 e. The summed E-state index contributed by atoms with van der Waals surface area (Å²) in [6, 6.07) is 0. The first-order valence-electron chi connectivity index (χ1n) is 8.88. The quantitative estimate of drug-likeness (QED) is 0.716. The Morgan fingerprint density at radius 1 is 1.12 bits per heavy atom. The highest BCUT2D eigenvalue weighted by Gasteiger charge is 2.57. The number of ether oxygens (including phenoxy) is 3. The van der Waals surface area contributed by atoms with E-state index in [2.05, 4.69) is 59.5 Å². The monoisotopic (exact) mass is 351 g/mol. The van der Waals surface area contributed by atoms with Crippen LogP contribution in [-0.4, -0.2) is 38.7 Å². The molecule has 0 amide bonds. The van der Waals surface area contributed by atoms with Crippen LogP contribution in [0.4, 0.5) is 0 Å². The molecular weight excluding hydrogens is 320 g/mol. The van der Waals surface area contributed by atoms with Gasteiger partial charge >= 0.3 is 0 Å². The van der Waals surface area contributed by atoms with Gasteiger partial charge in [-0.15, -0.1) is 0 Å². The molecule has 2 saturated heterocycles. The molecule has 0 spiro atoms. The molecule has 3 aliphatic rings. The molecule has 24 heavy (non-hydrogen) atoms. The first-order chi connectivity index (χ1) is 11.0. The van der Waals surface area contributed by atoms with Gasteiger partial charge in [0.05, 0.1) is 6.10 Å². The van der Waals surface area contributed by atoms with Gasteiger partial charge in [-0.05, 0) is 70.0 Å². The van der Waals surface area contributed by atoms with Crippen LogP contribution in [0.2, 0.25) is 18.1 Å².